The molecule has 0 amide bonds. The molecule has 0 aliphatic heterocycles. The highest BCUT2D eigenvalue weighted by Crippen LogP contribution is 2.25. The van der Waals surface area contributed by atoms with Crippen LogP contribution in [0.5, 0.6) is 0 Å². The third-order valence-corrected chi connectivity index (χ3v) is 2.90. The lowest BCUT2D eigenvalue weighted by Crippen LogP contribution is -2.11. The van der Waals surface area contributed by atoms with Crippen molar-refractivity contribution in [2.24, 2.45) is 5.73 Å². The Bertz CT molecular complexity index is 467. The first-order valence-electron chi connectivity index (χ1n) is 5.67. The van der Waals surface area contributed by atoms with Crippen LogP contribution in [-0.2, 0) is 0 Å². The maximum atomic E-state index is 8.82. The van der Waals surface area contributed by atoms with Crippen LogP contribution in [0, 0.1) is 0 Å². The molecule has 3 N–H and O–H groups in total. The number of aliphatic hydroxyl groups excluding tert-OH is 1. The molecule has 2 nitrogen and oxygen atoms in total. The van der Waals surface area contributed by atoms with E-state index < -0.39 is 0 Å². The maximum Gasteiger partial charge on any atom is 0.0431 e. The molecule has 0 spiro atoms. The third kappa shape index (κ3) is 3.19. The SMILES string of the molecule is Cl.N[C@H](CCCO)c1cccc2ccccc12. The fourth-order valence-electron chi connectivity index (χ4n) is 2.04. The van der Waals surface area contributed by atoms with E-state index in [-0.39, 0.29) is 25.1 Å². The van der Waals surface area contributed by atoms with Crippen molar-refractivity contribution in [2.75, 3.05) is 6.61 Å². The number of halogens is 1. The molecule has 17 heavy (non-hydrogen) atoms. The summed E-state index contributed by atoms with van der Waals surface area (Å²) in [5.74, 6) is 0. The lowest BCUT2D eigenvalue weighted by atomic mass is 9.96. The summed E-state index contributed by atoms with van der Waals surface area (Å²) in [4.78, 5) is 0. The topological polar surface area (TPSA) is 46.2 Å². The Morgan fingerprint density at radius 3 is 2.53 bits per heavy atom. The molecule has 2 aromatic carbocycles. The van der Waals surface area contributed by atoms with Gasteiger partial charge in [-0.2, -0.15) is 0 Å². The van der Waals surface area contributed by atoms with E-state index in [2.05, 4.69) is 24.3 Å². The first kappa shape index (κ1) is 14.0. The fourth-order valence-corrected chi connectivity index (χ4v) is 2.04. The van der Waals surface area contributed by atoms with Gasteiger partial charge in [0.05, 0.1) is 0 Å². The predicted octanol–water partition coefficient (Wildman–Crippen LogP) is 3.03. The molecule has 0 aromatic heterocycles. The molecule has 0 fully saturated rings. The van der Waals surface area contributed by atoms with Crippen LogP contribution in [-0.4, -0.2) is 11.7 Å². The van der Waals surface area contributed by atoms with Crippen LogP contribution < -0.4 is 5.73 Å². The van der Waals surface area contributed by atoms with Crippen molar-refractivity contribution in [1.29, 1.82) is 0 Å². The van der Waals surface area contributed by atoms with Crippen molar-refractivity contribution in [1.82, 2.24) is 0 Å². The molecule has 0 aliphatic carbocycles. The van der Waals surface area contributed by atoms with E-state index in [4.69, 9.17) is 10.8 Å². The summed E-state index contributed by atoms with van der Waals surface area (Å²) in [5, 5.41) is 11.3. The Balaban J connectivity index is 0.00000144. The summed E-state index contributed by atoms with van der Waals surface area (Å²) < 4.78 is 0. The van der Waals surface area contributed by atoms with Crippen molar-refractivity contribution >= 4 is 23.2 Å². The first-order chi connectivity index (χ1) is 7.83. The number of rotatable bonds is 4. The number of hydrogen-bond donors (Lipinski definition) is 2. The zero-order chi connectivity index (χ0) is 11.4. The second-order valence-corrected chi connectivity index (χ2v) is 4.04. The van der Waals surface area contributed by atoms with Crippen molar-refractivity contribution in [3.05, 3.63) is 48.0 Å². The van der Waals surface area contributed by atoms with Crippen LogP contribution in [0.1, 0.15) is 24.4 Å². The van der Waals surface area contributed by atoms with Crippen molar-refractivity contribution in [2.45, 2.75) is 18.9 Å². The van der Waals surface area contributed by atoms with E-state index in [1.807, 2.05) is 18.2 Å². The Morgan fingerprint density at radius 1 is 1.06 bits per heavy atom. The van der Waals surface area contributed by atoms with E-state index in [1.54, 1.807) is 0 Å². The van der Waals surface area contributed by atoms with Gasteiger partial charge in [0.15, 0.2) is 0 Å². The normalized spacial score (nSPS) is 12.1. The Labute approximate surface area is 108 Å². The van der Waals surface area contributed by atoms with Gasteiger partial charge in [-0.3, -0.25) is 0 Å². The molecule has 0 saturated carbocycles. The summed E-state index contributed by atoms with van der Waals surface area (Å²) >= 11 is 0. The molecule has 2 aromatic rings. The van der Waals surface area contributed by atoms with E-state index >= 15 is 0 Å². The predicted molar refractivity (Wildman–Crippen MR) is 74.4 cm³/mol. The van der Waals surface area contributed by atoms with Gasteiger partial charge in [0.25, 0.3) is 0 Å². The average molecular weight is 252 g/mol. The highest BCUT2D eigenvalue weighted by atomic mass is 35.5. The van der Waals surface area contributed by atoms with Gasteiger partial charge in [-0.15, -0.1) is 12.4 Å². The van der Waals surface area contributed by atoms with E-state index in [0.29, 0.717) is 0 Å². The smallest absolute Gasteiger partial charge is 0.0431 e. The Kier molecular flexibility index (Phi) is 5.42. The van der Waals surface area contributed by atoms with Gasteiger partial charge >= 0.3 is 0 Å². The monoisotopic (exact) mass is 251 g/mol. The van der Waals surface area contributed by atoms with Crippen molar-refractivity contribution < 1.29 is 5.11 Å². The number of fused-ring (bicyclic) bond motifs is 1. The second-order valence-electron chi connectivity index (χ2n) is 4.04. The minimum atomic E-state index is 0. The zero-order valence-corrected chi connectivity index (χ0v) is 10.5. The van der Waals surface area contributed by atoms with Crippen LogP contribution in [0.4, 0.5) is 0 Å². The molecule has 3 heteroatoms. The Hall–Kier alpha value is -1.09. The molecule has 0 aliphatic rings. The molecule has 0 saturated heterocycles. The zero-order valence-electron chi connectivity index (χ0n) is 9.67. The summed E-state index contributed by atoms with van der Waals surface area (Å²) in [5.41, 5.74) is 7.31. The van der Waals surface area contributed by atoms with Crippen molar-refractivity contribution in [3.63, 3.8) is 0 Å². The molecular weight excluding hydrogens is 234 g/mol. The summed E-state index contributed by atoms with van der Waals surface area (Å²) in [6, 6.07) is 14.5. The molecule has 1 atom stereocenters. The van der Waals surface area contributed by atoms with Crippen LogP contribution in [0.3, 0.4) is 0 Å². The maximum absolute atomic E-state index is 8.82. The number of benzene rings is 2. The molecule has 92 valence electrons. The molecule has 0 bridgehead atoms. The lowest BCUT2D eigenvalue weighted by Gasteiger charge is -2.14. The van der Waals surface area contributed by atoms with Gasteiger partial charge in [0.1, 0.15) is 0 Å². The average Bonchev–Trinajstić information content (AvgIpc) is 2.35. The van der Waals surface area contributed by atoms with Gasteiger partial charge in [-0.05, 0) is 29.2 Å². The van der Waals surface area contributed by atoms with Crippen LogP contribution in [0.25, 0.3) is 10.8 Å². The Morgan fingerprint density at radius 2 is 1.76 bits per heavy atom. The van der Waals surface area contributed by atoms with E-state index in [0.717, 1.165) is 12.8 Å². The van der Waals surface area contributed by atoms with Crippen LogP contribution in [0.2, 0.25) is 0 Å². The molecule has 0 unspecified atom stereocenters. The van der Waals surface area contributed by atoms with Crippen LogP contribution in [0.15, 0.2) is 42.5 Å². The van der Waals surface area contributed by atoms with Crippen molar-refractivity contribution in [3.8, 4) is 0 Å². The fraction of sp³-hybridized carbons (Fsp3) is 0.286. The van der Waals surface area contributed by atoms with Gasteiger partial charge in [-0.1, -0.05) is 42.5 Å². The summed E-state index contributed by atoms with van der Waals surface area (Å²) in [7, 11) is 0. The number of nitrogens with two attached hydrogens (primary N) is 1. The largest absolute Gasteiger partial charge is 0.396 e. The standard InChI is InChI=1S/C14H17NO.ClH/c15-14(9-4-10-16)13-8-3-6-11-5-1-2-7-12(11)13;/h1-3,5-8,14,16H,4,9-10,15H2;1H/t14-;/m1./s1. The number of hydrogen-bond acceptors (Lipinski definition) is 2. The summed E-state index contributed by atoms with van der Waals surface area (Å²) in [6.07, 6.45) is 1.58. The van der Waals surface area contributed by atoms with Gasteiger partial charge in [0, 0.05) is 12.6 Å². The number of aliphatic hydroxyl groups is 1. The van der Waals surface area contributed by atoms with Crippen LogP contribution >= 0.6 is 12.4 Å². The van der Waals surface area contributed by atoms with E-state index in [1.165, 1.54) is 16.3 Å². The highest BCUT2D eigenvalue weighted by Gasteiger charge is 2.08. The molecular formula is C14H18ClNO. The third-order valence-electron chi connectivity index (χ3n) is 2.90. The van der Waals surface area contributed by atoms with Gasteiger partial charge in [-0.25, -0.2) is 0 Å². The quantitative estimate of drug-likeness (QED) is 0.878. The minimum absolute atomic E-state index is 0. The lowest BCUT2D eigenvalue weighted by molar-refractivity contribution is 0.280. The van der Waals surface area contributed by atoms with E-state index in [9.17, 15) is 0 Å². The summed E-state index contributed by atoms with van der Waals surface area (Å²) in [6.45, 7) is 0.207. The molecule has 0 heterocycles. The first-order valence-corrected chi connectivity index (χ1v) is 5.67. The minimum Gasteiger partial charge on any atom is -0.396 e. The van der Waals surface area contributed by atoms with Gasteiger partial charge < -0.3 is 10.8 Å². The molecule has 0 radical (unpaired) electrons. The second kappa shape index (κ2) is 6.60. The van der Waals surface area contributed by atoms with Gasteiger partial charge in [0.2, 0.25) is 0 Å². The molecule has 2 rings (SSSR count). The highest BCUT2D eigenvalue weighted by molar-refractivity contribution is 5.86.